The lowest BCUT2D eigenvalue weighted by molar-refractivity contribution is -0.138. The second kappa shape index (κ2) is 5.82. The van der Waals surface area contributed by atoms with Crippen molar-refractivity contribution in [3.63, 3.8) is 0 Å². The first-order chi connectivity index (χ1) is 7.91. The number of carboxylic acids is 1. The van der Waals surface area contributed by atoms with Crippen LogP contribution in [-0.2, 0) is 4.79 Å². The summed E-state index contributed by atoms with van der Waals surface area (Å²) in [5.74, 6) is -0.979. The van der Waals surface area contributed by atoms with Gasteiger partial charge in [0.05, 0.1) is 12.0 Å². The van der Waals surface area contributed by atoms with Crippen LogP contribution >= 0.6 is 0 Å². The molecule has 1 rings (SSSR count). The number of benzene rings is 1. The summed E-state index contributed by atoms with van der Waals surface area (Å²) >= 11 is 0. The van der Waals surface area contributed by atoms with Crippen molar-refractivity contribution in [2.45, 2.75) is 39.2 Å². The molecule has 3 heteroatoms. The molecule has 2 atom stereocenters. The lowest BCUT2D eigenvalue weighted by atomic mass is 9.94. The van der Waals surface area contributed by atoms with Crippen molar-refractivity contribution in [3.05, 3.63) is 35.4 Å². The predicted octanol–water partition coefficient (Wildman–Crippen LogP) is 2.95. The summed E-state index contributed by atoms with van der Waals surface area (Å²) in [4.78, 5) is 10.9. The fourth-order valence-corrected chi connectivity index (χ4v) is 1.76. The highest BCUT2D eigenvalue weighted by Crippen LogP contribution is 2.24. The van der Waals surface area contributed by atoms with Gasteiger partial charge in [-0.15, -0.1) is 0 Å². The van der Waals surface area contributed by atoms with E-state index in [2.05, 4.69) is 0 Å². The van der Waals surface area contributed by atoms with E-state index in [1.54, 1.807) is 25.1 Å². The van der Waals surface area contributed by atoms with Crippen molar-refractivity contribution in [2.24, 2.45) is 5.92 Å². The third-order valence-electron chi connectivity index (χ3n) is 2.86. The first kappa shape index (κ1) is 13.7. The van der Waals surface area contributed by atoms with Crippen molar-refractivity contribution in [1.29, 1.82) is 0 Å². The maximum atomic E-state index is 10.9. The van der Waals surface area contributed by atoms with E-state index >= 15 is 0 Å². The van der Waals surface area contributed by atoms with Crippen LogP contribution < -0.4 is 0 Å². The molecule has 0 aliphatic rings. The molecule has 17 heavy (non-hydrogen) atoms. The SMILES string of the molecule is CC(C)CC(O)c1cccc(C(C)C(=O)O)c1. The molecule has 2 N–H and O–H groups in total. The van der Waals surface area contributed by atoms with Gasteiger partial charge >= 0.3 is 5.97 Å². The van der Waals surface area contributed by atoms with E-state index in [1.807, 2.05) is 19.9 Å². The second-order valence-corrected chi connectivity index (χ2v) is 4.88. The highest BCUT2D eigenvalue weighted by molar-refractivity contribution is 5.75. The smallest absolute Gasteiger partial charge is 0.310 e. The molecule has 1 aromatic rings. The van der Waals surface area contributed by atoms with Gasteiger partial charge < -0.3 is 10.2 Å². The predicted molar refractivity (Wildman–Crippen MR) is 66.9 cm³/mol. The summed E-state index contributed by atoms with van der Waals surface area (Å²) in [5, 5.41) is 18.9. The number of carbonyl (C=O) groups is 1. The van der Waals surface area contributed by atoms with Crippen LogP contribution in [0, 0.1) is 5.92 Å². The van der Waals surface area contributed by atoms with Crippen LogP contribution in [0.15, 0.2) is 24.3 Å². The molecule has 0 heterocycles. The zero-order chi connectivity index (χ0) is 13.0. The number of hydrogen-bond donors (Lipinski definition) is 2. The Labute approximate surface area is 102 Å². The molecule has 0 spiro atoms. The fourth-order valence-electron chi connectivity index (χ4n) is 1.76. The Morgan fingerprint density at radius 2 is 1.82 bits per heavy atom. The van der Waals surface area contributed by atoms with E-state index in [0.29, 0.717) is 12.3 Å². The maximum Gasteiger partial charge on any atom is 0.310 e. The molecule has 2 unspecified atom stereocenters. The van der Waals surface area contributed by atoms with Crippen molar-refractivity contribution >= 4 is 5.97 Å². The average molecular weight is 236 g/mol. The highest BCUT2D eigenvalue weighted by Gasteiger charge is 2.16. The van der Waals surface area contributed by atoms with Crippen LogP contribution in [0.2, 0.25) is 0 Å². The summed E-state index contributed by atoms with van der Waals surface area (Å²) in [7, 11) is 0. The molecule has 3 nitrogen and oxygen atoms in total. The van der Waals surface area contributed by atoms with E-state index in [1.165, 1.54) is 0 Å². The third kappa shape index (κ3) is 3.86. The number of rotatable bonds is 5. The molecule has 0 saturated heterocycles. The van der Waals surface area contributed by atoms with E-state index in [-0.39, 0.29) is 0 Å². The van der Waals surface area contributed by atoms with Crippen molar-refractivity contribution in [2.75, 3.05) is 0 Å². The summed E-state index contributed by atoms with van der Waals surface area (Å²) < 4.78 is 0. The van der Waals surface area contributed by atoms with Gasteiger partial charge in [0.2, 0.25) is 0 Å². The van der Waals surface area contributed by atoms with E-state index in [0.717, 1.165) is 11.1 Å². The first-order valence-electron chi connectivity index (χ1n) is 5.92. The second-order valence-electron chi connectivity index (χ2n) is 4.88. The molecule has 1 aromatic carbocycles. The van der Waals surface area contributed by atoms with Crippen LogP contribution in [0.3, 0.4) is 0 Å². The van der Waals surface area contributed by atoms with E-state index in [4.69, 9.17) is 5.11 Å². The quantitative estimate of drug-likeness (QED) is 0.826. The van der Waals surface area contributed by atoms with Crippen molar-refractivity contribution < 1.29 is 15.0 Å². The number of carboxylic acid groups (broad SMARTS) is 1. The zero-order valence-electron chi connectivity index (χ0n) is 10.6. The molecule has 0 saturated carbocycles. The fraction of sp³-hybridized carbons (Fsp3) is 0.500. The van der Waals surface area contributed by atoms with Crippen LogP contribution in [0.4, 0.5) is 0 Å². The Morgan fingerprint density at radius 3 is 2.35 bits per heavy atom. The van der Waals surface area contributed by atoms with Gasteiger partial charge in [0.1, 0.15) is 0 Å². The topological polar surface area (TPSA) is 57.5 Å². The standard InChI is InChI=1S/C14H20O3/c1-9(2)7-13(15)12-6-4-5-11(8-12)10(3)14(16)17/h4-6,8-10,13,15H,7H2,1-3H3,(H,16,17). The van der Waals surface area contributed by atoms with Gasteiger partial charge in [0, 0.05) is 0 Å². The Balaban J connectivity index is 2.89. The van der Waals surface area contributed by atoms with Crippen molar-refractivity contribution in [1.82, 2.24) is 0 Å². The number of hydrogen-bond acceptors (Lipinski definition) is 2. The summed E-state index contributed by atoms with van der Waals surface area (Å²) in [6.45, 7) is 5.75. The molecule has 0 radical (unpaired) electrons. The molecule has 0 aliphatic carbocycles. The zero-order valence-corrected chi connectivity index (χ0v) is 10.6. The molecular formula is C14H20O3. The van der Waals surface area contributed by atoms with Gasteiger partial charge in [-0.3, -0.25) is 4.79 Å². The Bertz CT molecular complexity index is 385. The summed E-state index contributed by atoms with van der Waals surface area (Å²) in [6.07, 6.45) is 0.168. The van der Waals surface area contributed by atoms with Crippen LogP contribution in [0.5, 0.6) is 0 Å². The van der Waals surface area contributed by atoms with E-state index in [9.17, 15) is 9.90 Å². The minimum absolute atomic E-state index is 0.408. The van der Waals surface area contributed by atoms with E-state index < -0.39 is 18.0 Å². The minimum atomic E-state index is -0.847. The van der Waals surface area contributed by atoms with Gasteiger partial charge in [0.25, 0.3) is 0 Å². The lowest BCUT2D eigenvalue weighted by Crippen LogP contribution is -2.09. The summed E-state index contributed by atoms with van der Waals surface area (Å²) in [5.41, 5.74) is 1.53. The highest BCUT2D eigenvalue weighted by atomic mass is 16.4. The van der Waals surface area contributed by atoms with Gasteiger partial charge in [-0.25, -0.2) is 0 Å². The van der Waals surface area contributed by atoms with Gasteiger partial charge in [-0.05, 0) is 30.4 Å². The van der Waals surface area contributed by atoms with Crippen LogP contribution in [-0.4, -0.2) is 16.2 Å². The molecule has 0 fully saturated rings. The Kier molecular flexibility index (Phi) is 4.70. The van der Waals surface area contributed by atoms with Crippen LogP contribution in [0.1, 0.15) is 50.3 Å². The summed E-state index contributed by atoms with van der Waals surface area (Å²) in [6, 6.07) is 7.20. The monoisotopic (exact) mass is 236 g/mol. The molecule has 0 aromatic heterocycles. The average Bonchev–Trinajstić information content (AvgIpc) is 2.27. The Morgan fingerprint density at radius 1 is 1.24 bits per heavy atom. The first-order valence-corrected chi connectivity index (χ1v) is 5.92. The Hall–Kier alpha value is -1.35. The normalized spacial score (nSPS) is 14.6. The maximum absolute atomic E-state index is 10.9. The number of aliphatic hydroxyl groups excluding tert-OH is 1. The van der Waals surface area contributed by atoms with Gasteiger partial charge in [0.15, 0.2) is 0 Å². The number of aliphatic hydroxyl groups is 1. The van der Waals surface area contributed by atoms with Gasteiger partial charge in [-0.1, -0.05) is 38.1 Å². The number of aliphatic carboxylic acids is 1. The third-order valence-corrected chi connectivity index (χ3v) is 2.86. The molecule has 0 aliphatic heterocycles. The van der Waals surface area contributed by atoms with Crippen molar-refractivity contribution in [3.8, 4) is 0 Å². The minimum Gasteiger partial charge on any atom is -0.481 e. The largest absolute Gasteiger partial charge is 0.481 e. The lowest BCUT2D eigenvalue weighted by Gasteiger charge is -2.15. The molecule has 0 amide bonds. The molecule has 0 bridgehead atoms. The van der Waals surface area contributed by atoms with Gasteiger partial charge in [-0.2, -0.15) is 0 Å². The molecule has 94 valence electrons. The van der Waals surface area contributed by atoms with Crippen LogP contribution in [0.25, 0.3) is 0 Å². The molecular weight excluding hydrogens is 216 g/mol.